The molecule has 5 heterocycles. The molecule has 7 aromatic rings. The lowest BCUT2D eigenvalue weighted by atomic mass is 10.1. The third kappa shape index (κ3) is 11.0. The average molecular weight is 807 g/mol. The van der Waals surface area contributed by atoms with E-state index >= 15 is 0 Å². The lowest BCUT2D eigenvalue weighted by Crippen LogP contribution is -2.18. The van der Waals surface area contributed by atoms with E-state index < -0.39 is 0 Å². The number of pyridine rings is 1. The number of nitrogens with two attached hydrogens (primary N) is 2. The van der Waals surface area contributed by atoms with Crippen LogP contribution >= 0.6 is 0 Å². The molecule has 0 spiro atoms. The first-order valence-electron chi connectivity index (χ1n) is 19.4. The second-order valence-electron chi connectivity index (χ2n) is 13.7. The van der Waals surface area contributed by atoms with E-state index in [1.54, 1.807) is 19.4 Å². The van der Waals surface area contributed by atoms with Gasteiger partial charge in [0.25, 0.3) is 0 Å². The molecule has 18 nitrogen and oxygen atoms in total. The highest BCUT2D eigenvalue weighted by Crippen LogP contribution is 2.22. The van der Waals surface area contributed by atoms with Crippen LogP contribution in [0.5, 0.6) is 23.7 Å². The minimum atomic E-state index is -0.333. The van der Waals surface area contributed by atoms with Crippen molar-refractivity contribution >= 4 is 34.0 Å². The van der Waals surface area contributed by atoms with Gasteiger partial charge in [-0.3, -0.25) is 9.13 Å². The number of rotatable bonds is 18. The third-order valence-electron chi connectivity index (χ3n) is 9.01. The molecule has 7 N–H and O–H groups in total. The molecular weight excluding hydrogens is 757 g/mol. The van der Waals surface area contributed by atoms with Crippen LogP contribution in [0.25, 0.3) is 22.3 Å². The highest BCUT2D eigenvalue weighted by Gasteiger charge is 2.17. The summed E-state index contributed by atoms with van der Waals surface area (Å²) in [5.74, 6) is 1.52. The highest BCUT2D eigenvalue weighted by molar-refractivity contribution is 5.82. The van der Waals surface area contributed by atoms with E-state index in [0.29, 0.717) is 60.3 Å². The number of fused-ring (bicyclic) bond motifs is 2. The molecule has 0 bridgehead atoms. The van der Waals surface area contributed by atoms with Crippen LogP contribution in [0.3, 0.4) is 0 Å². The number of unbranched alkanes of at least 4 members (excludes halogenated alkanes) is 1. The summed E-state index contributed by atoms with van der Waals surface area (Å²) in [4.78, 5) is 51.5. The van der Waals surface area contributed by atoms with E-state index in [2.05, 4.69) is 54.1 Å². The maximum Gasteiger partial charge on any atom is 0.328 e. The summed E-state index contributed by atoms with van der Waals surface area (Å²) in [5.41, 5.74) is 17.1. The number of aromatic amines is 2. The number of ether oxygens (including phenoxy) is 4. The third-order valence-corrected chi connectivity index (χ3v) is 9.01. The zero-order valence-corrected chi connectivity index (χ0v) is 33.7. The average Bonchev–Trinajstić information content (AvgIpc) is 3.72. The van der Waals surface area contributed by atoms with Gasteiger partial charge in [0.2, 0.25) is 5.88 Å². The van der Waals surface area contributed by atoms with Crippen LogP contribution in [0, 0.1) is 6.92 Å². The molecular formula is C41H50N12O6. The molecule has 0 aliphatic carbocycles. The Morgan fingerprint density at radius 3 is 1.83 bits per heavy atom. The van der Waals surface area contributed by atoms with Gasteiger partial charge in [0.15, 0.2) is 22.9 Å². The maximum absolute atomic E-state index is 12.6. The Morgan fingerprint density at radius 1 is 0.695 bits per heavy atom. The maximum atomic E-state index is 12.6. The Hall–Kier alpha value is -6.79. The van der Waals surface area contributed by atoms with E-state index in [9.17, 15) is 9.59 Å². The molecule has 310 valence electrons. The Balaban J connectivity index is 0.000000213. The number of hydrogen-bond donors (Lipinski definition) is 5. The fourth-order valence-corrected chi connectivity index (χ4v) is 5.84. The van der Waals surface area contributed by atoms with Crippen LogP contribution in [0.4, 0.5) is 11.6 Å². The summed E-state index contributed by atoms with van der Waals surface area (Å²) in [6, 6.07) is 19.8. The van der Waals surface area contributed by atoms with E-state index in [-0.39, 0.29) is 41.6 Å². The fraction of sp³-hybridized carbons (Fsp3) is 0.341. The number of benzene rings is 2. The molecule has 0 fully saturated rings. The van der Waals surface area contributed by atoms with E-state index in [1.165, 1.54) is 14.7 Å². The van der Waals surface area contributed by atoms with Crippen molar-refractivity contribution in [1.82, 2.24) is 49.3 Å². The molecule has 5 aromatic heterocycles. The molecule has 0 saturated heterocycles. The van der Waals surface area contributed by atoms with Crippen molar-refractivity contribution in [2.24, 2.45) is 0 Å². The molecule has 0 aliphatic heterocycles. The topological polar surface area (TPSA) is 241 Å². The summed E-state index contributed by atoms with van der Waals surface area (Å²) >= 11 is 0. The summed E-state index contributed by atoms with van der Waals surface area (Å²) < 4.78 is 24.8. The number of H-pyrrole nitrogens is 2. The number of imidazole rings is 2. The van der Waals surface area contributed by atoms with Crippen LogP contribution < -0.4 is 42.4 Å². The van der Waals surface area contributed by atoms with Gasteiger partial charge in [0.05, 0.1) is 26.3 Å². The van der Waals surface area contributed by atoms with Crippen molar-refractivity contribution in [3.05, 3.63) is 110 Å². The fourth-order valence-electron chi connectivity index (χ4n) is 5.84. The number of nitrogens with one attached hydrogen (secondary N) is 3. The van der Waals surface area contributed by atoms with Crippen molar-refractivity contribution in [2.45, 2.75) is 59.7 Å². The molecule has 0 aliphatic rings. The zero-order valence-electron chi connectivity index (χ0n) is 33.7. The van der Waals surface area contributed by atoms with Crippen molar-refractivity contribution in [3.8, 4) is 23.7 Å². The monoisotopic (exact) mass is 806 g/mol. The SMILES string of the molecule is CCCCOc1nc(N)c2[nH]c(=O)n(Cc3ccc(Oc4ccc(CNCCC)cc4)nc3)c2n1.COCCOc1nc(N)c2[nH]c(=O)n(Cc3ccc(C)cc3)c2n1. The van der Waals surface area contributed by atoms with Gasteiger partial charge in [-0.25, -0.2) is 14.6 Å². The largest absolute Gasteiger partial charge is 0.463 e. The van der Waals surface area contributed by atoms with Crippen LogP contribution in [-0.4, -0.2) is 77.5 Å². The summed E-state index contributed by atoms with van der Waals surface area (Å²) in [5, 5.41) is 3.38. The molecule has 0 atom stereocenters. The van der Waals surface area contributed by atoms with Gasteiger partial charge in [-0.15, -0.1) is 0 Å². The van der Waals surface area contributed by atoms with Crippen LogP contribution in [0.2, 0.25) is 0 Å². The van der Waals surface area contributed by atoms with Gasteiger partial charge in [0.1, 0.15) is 23.4 Å². The molecule has 0 radical (unpaired) electrons. The van der Waals surface area contributed by atoms with E-state index in [1.807, 2.05) is 61.5 Å². The number of aryl methyl sites for hydroxylation is 1. The summed E-state index contributed by atoms with van der Waals surface area (Å²) in [6.07, 6.45) is 4.64. The minimum absolute atomic E-state index is 0.119. The quantitative estimate of drug-likeness (QED) is 0.0739. The van der Waals surface area contributed by atoms with Gasteiger partial charge in [-0.05, 0) is 55.1 Å². The standard InChI is InChI=1S/C25H31N7O3.C16H19N5O3/c1-3-5-13-34-24-30-22(26)21-23(31-24)32(25(33)29-21)16-18-8-11-20(28-15-18)35-19-9-6-17(7-10-19)14-27-12-4-2;1-10-3-5-11(6-4-10)9-21-14-12(18-16(21)22)13(17)19-15(20-14)24-8-7-23-2/h6-11,15,27H,3-5,12-14,16H2,1-2H3,(H,29,33)(H2,26,30,31);3-6H,7-9H2,1-2H3,(H,18,22)(H2,17,19,20). The van der Waals surface area contributed by atoms with Crippen molar-refractivity contribution < 1.29 is 18.9 Å². The van der Waals surface area contributed by atoms with Crippen molar-refractivity contribution in [3.63, 3.8) is 0 Å². The zero-order chi connectivity index (χ0) is 41.7. The van der Waals surface area contributed by atoms with Gasteiger partial charge in [-0.2, -0.15) is 19.9 Å². The lowest BCUT2D eigenvalue weighted by molar-refractivity contribution is 0.141. The molecule has 0 saturated carbocycles. The molecule has 0 unspecified atom stereocenters. The molecule has 7 rings (SSSR count). The smallest absolute Gasteiger partial charge is 0.328 e. The summed E-state index contributed by atoms with van der Waals surface area (Å²) in [6.45, 7) is 9.89. The van der Waals surface area contributed by atoms with E-state index in [4.69, 9.17) is 30.4 Å². The number of methoxy groups -OCH3 is 1. The highest BCUT2D eigenvalue weighted by atomic mass is 16.5. The second-order valence-corrected chi connectivity index (χ2v) is 13.7. The van der Waals surface area contributed by atoms with Crippen LogP contribution in [0.15, 0.2) is 76.4 Å². The Bertz CT molecular complexity index is 2550. The lowest BCUT2D eigenvalue weighted by Gasteiger charge is -2.08. The Labute approximate surface area is 340 Å². The predicted molar refractivity (Wildman–Crippen MR) is 225 cm³/mol. The second kappa shape index (κ2) is 20.1. The molecule has 0 amide bonds. The van der Waals surface area contributed by atoms with Gasteiger partial charge in [-0.1, -0.05) is 68.3 Å². The van der Waals surface area contributed by atoms with Crippen LogP contribution in [-0.2, 0) is 24.4 Å². The minimum Gasteiger partial charge on any atom is -0.463 e. The molecule has 2 aromatic carbocycles. The van der Waals surface area contributed by atoms with E-state index in [0.717, 1.165) is 49.0 Å². The number of hydrogen-bond acceptors (Lipinski definition) is 14. The van der Waals surface area contributed by atoms with Gasteiger partial charge < -0.3 is 45.7 Å². The first kappa shape index (κ1) is 41.8. The number of anilines is 2. The predicted octanol–water partition coefficient (Wildman–Crippen LogP) is 4.70. The molecule has 18 heteroatoms. The first-order chi connectivity index (χ1) is 28.6. The Morgan fingerprint density at radius 2 is 1.27 bits per heavy atom. The normalized spacial score (nSPS) is 11.1. The van der Waals surface area contributed by atoms with Crippen molar-refractivity contribution in [2.75, 3.05) is 44.9 Å². The van der Waals surface area contributed by atoms with Gasteiger partial charge >= 0.3 is 23.4 Å². The first-order valence-corrected chi connectivity index (χ1v) is 19.4. The summed E-state index contributed by atoms with van der Waals surface area (Å²) in [7, 11) is 1.58. The number of nitrogens with zero attached hydrogens (tertiary/aromatic N) is 7. The number of nitrogen functional groups attached to an aromatic ring is 2. The number of aromatic nitrogens is 9. The van der Waals surface area contributed by atoms with Gasteiger partial charge in [0, 0.05) is 25.9 Å². The van der Waals surface area contributed by atoms with Crippen LogP contribution in [0.1, 0.15) is 55.4 Å². The van der Waals surface area contributed by atoms with Crippen molar-refractivity contribution in [1.29, 1.82) is 0 Å². The molecule has 59 heavy (non-hydrogen) atoms. The Kier molecular flexibility index (Phi) is 14.2.